The molecule has 1 aromatic carbocycles. The lowest BCUT2D eigenvalue weighted by Crippen LogP contribution is -2.43. The number of carbonyl (C=O) groups is 3. The van der Waals surface area contributed by atoms with Crippen LogP contribution in [0.4, 0.5) is 5.69 Å². The third-order valence-electron chi connectivity index (χ3n) is 5.26. The van der Waals surface area contributed by atoms with E-state index in [-0.39, 0.29) is 24.8 Å². The van der Waals surface area contributed by atoms with E-state index in [2.05, 4.69) is 10.6 Å². The van der Waals surface area contributed by atoms with E-state index in [1.807, 2.05) is 43.9 Å². The molecule has 1 unspecified atom stereocenters. The quantitative estimate of drug-likeness (QED) is 0.498. The summed E-state index contributed by atoms with van der Waals surface area (Å²) in [6.45, 7) is 6.57. The summed E-state index contributed by atoms with van der Waals surface area (Å²) in [5, 5.41) is 14.8. The van der Waals surface area contributed by atoms with Gasteiger partial charge in [-0.25, -0.2) is 4.79 Å². The molecule has 2 amide bonds. The van der Waals surface area contributed by atoms with Crippen molar-refractivity contribution < 1.29 is 19.5 Å². The number of aryl methyl sites for hydroxylation is 2. The Balaban J connectivity index is 1.86. The molecule has 7 heteroatoms. The minimum Gasteiger partial charge on any atom is -0.480 e. The zero-order valence-electron chi connectivity index (χ0n) is 17.7. The molecule has 29 heavy (non-hydrogen) atoms. The van der Waals surface area contributed by atoms with Crippen molar-refractivity contribution in [2.24, 2.45) is 0 Å². The van der Waals surface area contributed by atoms with Crippen molar-refractivity contribution in [3.8, 4) is 0 Å². The van der Waals surface area contributed by atoms with Gasteiger partial charge in [0.2, 0.25) is 11.8 Å². The van der Waals surface area contributed by atoms with Crippen LogP contribution in [0.25, 0.3) is 0 Å². The van der Waals surface area contributed by atoms with Crippen LogP contribution >= 0.6 is 0 Å². The second kappa shape index (κ2) is 11.0. The number of carbonyl (C=O) groups excluding carboxylic acids is 2. The van der Waals surface area contributed by atoms with Gasteiger partial charge in [-0.1, -0.05) is 38.0 Å². The van der Waals surface area contributed by atoms with Gasteiger partial charge in [-0.3, -0.25) is 14.5 Å². The van der Waals surface area contributed by atoms with Gasteiger partial charge in [0, 0.05) is 24.7 Å². The fourth-order valence-corrected chi connectivity index (χ4v) is 3.38. The van der Waals surface area contributed by atoms with Crippen LogP contribution in [0.2, 0.25) is 0 Å². The summed E-state index contributed by atoms with van der Waals surface area (Å²) in [7, 11) is 0. The van der Waals surface area contributed by atoms with E-state index in [4.69, 9.17) is 0 Å². The van der Waals surface area contributed by atoms with Gasteiger partial charge in [0.25, 0.3) is 0 Å². The minimum atomic E-state index is -1.00. The van der Waals surface area contributed by atoms with Gasteiger partial charge in [-0.15, -0.1) is 0 Å². The minimum absolute atomic E-state index is 0.0962. The molecule has 0 heterocycles. The summed E-state index contributed by atoms with van der Waals surface area (Å²) in [6.07, 6.45) is 4.29. The van der Waals surface area contributed by atoms with E-state index in [1.165, 1.54) is 0 Å². The molecule has 1 atom stereocenters. The molecule has 160 valence electrons. The first-order chi connectivity index (χ1) is 13.8. The second-order valence-corrected chi connectivity index (χ2v) is 7.87. The molecular weight excluding hydrogens is 370 g/mol. The topological polar surface area (TPSA) is 98.7 Å². The van der Waals surface area contributed by atoms with E-state index in [0.29, 0.717) is 19.0 Å². The highest BCUT2D eigenvalue weighted by atomic mass is 16.4. The Kier molecular flexibility index (Phi) is 8.64. The number of nitrogens with zero attached hydrogens (tertiary/aromatic N) is 1. The fraction of sp³-hybridized carbons (Fsp3) is 0.591. The molecule has 1 aliphatic carbocycles. The van der Waals surface area contributed by atoms with E-state index >= 15 is 0 Å². The van der Waals surface area contributed by atoms with Crippen molar-refractivity contribution in [2.75, 3.05) is 18.4 Å². The number of benzene rings is 1. The van der Waals surface area contributed by atoms with Crippen LogP contribution in [-0.4, -0.2) is 53.0 Å². The predicted molar refractivity (Wildman–Crippen MR) is 113 cm³/mol. The highest BCUT2D eigenvalue weighted by molar-refractivity contribution is 5.93. The summed E-state index contributed by atoms with van der Waals surface area (Å²) in [6, 6.07) is 5.36. The zero-order valence-corrected chi connectivity index (χ0v) is 17.7. The third kappa shape index (κ3) is 7.49. The normalized spacial score (nSPS) is 14.5. The van der Waals surface area contributed by atoms with Crippen LogP contribution in [0.5, 0.6) is 0 Å². The van der Waals surface area contributed by atoms with E-state index < -0.39 is 12.0 Å². The van der Waals surface area contributed by atoms with Crippen LogP contribution in [0.3, 0.4) is 0 Å². The Labute approximate surface area is 172 Å². The monoisotopic (exact) mass is 403 g/mol. The largest absolute Gasteiger partial charge is 0.480 e. The number of hydrogen-bond acceptors (Lipinski definition) is 4. The molecule has 2 rings (SSSR count). The first-order valence-corrected chi connectivity index (χ1v) is 10.4. The van der Waals surface area contributed by atoms with Gasteiger partial charge >= 0.3 is 5.97 Å². The molecule has 3 N–H and O–H groups in total. The molecule has 1 aromatic rings. The van der Waals surface area contributed by atoms with Crippen molar-refractivity contribution in [2.45, 2.75) is 71.4 Å². The van der Waals surface area contributed by atoms with Gasteiger partial charge in [-0.2, -0.15) is 0 Å². The molecular formula is C22H33N3O4. The molecule has 0 bridgehead atoms. The Bertz CT molecular complexity index is 711. The molecule has 1 aliphatic rings. The maximum Gasteiger partial charge on any atom is 0.326 e. The van der Waals surface area contributed by atoms with Gasteiger partial charge < -0.3 is 15.7 Å². The number of aliphatic carboxylic acids is 1. The zero-order chi connectivity index (χ0) is 21.4. The maximum absolute atomic E-state index is 12.6. The first kappa shape index (κ1) is 22.9. The summed E-state index contributed by atoms with van der Waals surface area (Å²) in [4.78, 5) is 38.1. The fourth-order valence-electron chi connectivity index (χ4n) is 3.38. The van der Waals surface area contributed by atoms with Crippen LogP contribution in [0.15, 0.2) is 18.2 Å². The Morgan fingerprint density at radius 1 is 1.17 bits per heavy atom. The van der Waals surface area contributed by atoms with Crippen molar-refractivity contribution >= 4 is 23.5 Å². The van der Waals surface area contributed by atoms with Gasteiger partial charge in [-0.05, 0) is 44.2 Å². The molecule has 1 saturated carbocycles. The Morgan fingerprint density at radius 3 is 2.38 bits per heavy atom. The number of hydrogen-bond donors (Lipinski definition) is 3. The highest BCUT2D eigenvalue weighted by Crippen LogP contribution is 2.27. The summed E-state index contributed by atoms with van der Waals surface area (Å²) in [5.41, 5.74) is 2.87. The van der Waals surface area contributed by atoms with Crippen LogP contribution in [-0.2, 0) is 14.4 Å². The number of unbranched alkanes of at least 4 members (excludes halogenated alkanes) is 1. The lowest BCUT2D eigenvalue weighted by atomic mass is 10.1. The number of rotatable bonds is 12. The third-order valence-corrected chi connectivity index (χ3v) is 5.26. The van der Waals surface area contributed by atoms with Crippen LogP contribution in [0, 0.1) is 13.8 Å². The predicted octanol–water partition coefficient (Wildman–Crippen LogP) is 2.86. The smallest absolute Gasteiger partial charge is 0.326 e. The molecule has 0 spiro atoms. The van der Waals surface area contributed by atoms with E-state index in [1.54, 1.807) is 0 Å². The summed E-state index contributed by atoms with van der Waals surface area (Å²) in [5.74, 6) is -1.38. The Morgan fingerprint density at radius 2 is 1.83 bits per heavy atom. The average molecular weight is 404 g/mol. The lowest BCUT2D eigenvalue weighted by Gasteiger charge is -2.22. The molecule has 1 fully saturated rings. The van der Waals surface area contributed by atoms with E-state index in [0.717, 1.165) is 42.5 Å². The number of para-hydroxylation sites is 1. The number of nitrogens with one attached hydrogen (secondary N) is 2. The number of anilines is 1. The van der Waals surface area contributed by atoms with Gasteiger partial charge in [0.15, 0.2) is 0 Å². The van der Waals surface area contributed by atoms with E-state index in [9.17, 15) is 19.5 Å². The van der Waals surface area contributed by atoms with Crippen LogP contribution < -0.4 is 10.6 Å². The number of carboxylic acids is 1. The molecule has 0 aliphatic heterocycles. The average Bonchev–Trinajstić information content (AvgIpc) is 3.50. The number of amides is 2. The number of carboxylic acid groups (broad SMARTS) is 1. The van der Waals surface area contributed by atoms with Gasteiger partial charge in [0.1, 0.15) is 6.04 Å². The van der Waals surface area contributed by atoms with Crippen molar-refractivity contribution in [3.63, 3.8) is 0 Å². The standard InChI is InChI=1S/C22H33N3O4/c1-4-5-9-18(22(28)29)23-19(26)12-13-25(17-10-11-17)14-20(27)24-21-15(2)7-6-8-16(21)3/h6-8,17-18H,4-5,9-14H2,1-3H3,(H,23,26)(H,24,27)(H,28,29). The Hall–Kier alpha value is -2.41. The molecule has 0 aromatic heterocycles. The second-order valence-electron chi connectivity index (χ2n) is 7.87. The van der Waals surface area contributed by atoms with Crippen molar-refractivity contribution in [1.82, 2.24) is 10.2 Å². The SMILES string of the molecule is CCCCC(NC(=O)CCN(CC(=O)Nc1c(C)cccc1C)C1CC1)C(=O)O. The van der Waals surface area contributed by atoms with Crippen molar-refractivity contribution in [1.29, 1.82) is 0 Å². The molecule has 7 nitrogen and oxygen atoms in total. The summed E-state index contributed by atoms with van der Waals surface area (Å²) >= 11 is 0. The molecule has 0 radical (unpaired) electrons. The van der Waals surface area contributed by atoms with Gasteiger partial charge in [0.05, 0.1) is 6.54 Å². The van der Waals surface area contributed by atoms with Crippen LogP contribution in [0.1, 0.15) is 56.6 Å². The highest BCUT2D eigenvalue weighted by Gasteiger charge is 2.31. The molecule has 0 saturated heterocycles. The summed E-state index contributed by atoms with van der Waals surface area (Å²) < 4.78 is 0. The van der Waals surface area contributed by atoms with Crippen molar-refractivity contribution in [3.05, 3.63) is 29.3 Å². The lowest BCUT2D eigenvalue weighted by molar-refractivity contribution is -0.142. The first-order valence-electron chi connectivity index (χ1n) is 10.4. The maximum atomic E-state index is 12.6.